The Kier molecular flexibility index (Phi) is 3.37. The van der Waals surface area contributed by atoms with Gasteiger partial charge in [0.25, 0.3) is 0 Å². The Labute approximate surface area is 110 Å². The van der Waals surface area contributed by atoms with Crippen molar-refractivity contribution in [1.82, 2.24) is 14.8 Å². The van der Waals surface area contributed by atoms with E-state index in [1.165, 1.54) is 18.5 Å². The first-order valence-electron chi connectivity index (χ1n) is 5.66. The standard InChI is InChI=1S/C12H15N5O2/c1-16(6-11-14-7-15-17(11)2)10-4-3-8(12(18)19)5-9(10)13/h3-5,7H,6,13H2,1-2H3,(H,18,19). The van der Waals surface area contributed by atoms with E-state index >= 15 is 0 Å². The van der Waals surface area contributed by atoms with Gasteiger partial charge in [-0.2, -0.15) is 5.10 Å². The van der Waals surface area contributed by atoms with Gasteiger partial charge in [0.15, 0.2) is 0 Å². The van der Waals surface area contributed by atoms with E-state index in [9.17, 15) is 4.79 Å². The zero-order valence-electron chi connectivity index (χ0n) is 10.7. The topological polar surface area (TPSA) is 97.3 Å². The molecule has 1 aromatic carbocycles. The molecule has 0 bridgehead atoms. The molecule has 0 fully saturated rings. The lowest BCUT2D eigenvalue weighted by Gasteiger charge is -2.20. The maximum Gasteiger partial charge on any atom is 0.335 e. The quantitative estimate of drug-likeness (QED) is 0.787. The molecule has 0 amide bonds. The second-order valence-electron chi connectivity index (χ2n) is 4.23. The number of benzene rings is 1. The summed E-state index contributed by atoms with van der Waals surface area (Å²) in [6.45, 7) is 0.535. The third kappa shape index (κ3) is 2.65. The maximum absolute atomic E-state index is 10.8. The van der Waals surface area contributed by atoms with Crippen molar-refractivity contribution in [2.45, 2.75) is 6.54 Å². The van der Waals surface area contributed by atoms with E-state index in [4.69, 9.17) is 10.8 Å². The van der Waals surface area contributed by atoms with Crippen LogP contribution in [0.4, 0.5) is 11.4 Å². The van der Waals surface area contributed by atoms with Crippen LogP contribution in [0.2, 0.25) is 0 Å². The lowest BCUT2D eigenvalue weighted by atomic mass is 10.1. The number of carboxylic acids is 1. The zero-order valence-corrected chi connectivity index (χ0v) is 10.7. The molecule has 2 aromatic rings. The molecule has 1 heterocycles. The van der Waals surface area contributed by atoms with Gasteiger partial charge in [0.2, 0.25) is 0 Å². The smallest absolute Gasteiger partial charge is 0.335 e. The number of nitrogens with two attached hydrogens (primary N) is 1. The van der Waals surface area contributed by atoms with Gasteiger partial charge in [-0.1, -0.05) is 0 Å². The van der Waals surface area contributed by atoms with Crippen LogP contribution >= 0.6 is 0 Å². The third-order valence-electron chi connectivity index (χ3n) is 2.87. The fraction of sp³-hybridized carbons (Fsp3) is 0.250. The normalized spacial score (nSPS) is 10.4. The largest absolute Gasteiger partial charge is 0.478 e. The Bertz CT molecular complexity index is 608. The average Bonchev–Trinajstić information content (AvgIpc) is 2.74. The van der Waals surface area contributed by atoms with Gasteiger partial charge in [0.1, 0.15) is 12.2 Å². The molecule has 0 aliphatic rings. The molecule has 0 saturated heterocycles. The number of rotatable bonds is 4. The molecule has 3 N–H and O–H groups in total. The van der Waals surface area contributed by atoms with E-state index < -0.39 is 5.97 Å². The maximum atomic E-state index is 10.8. The Morgan fingerprint density at radius 3 is 2.79 bits per heavy atom. The fourth-order valence-corrected chi connectivity index (χ4v) is 1.80. The molecule has 0 aliphatic heterocycles. The van der Waals surface area contributed by atoms with Crippen LogP contribution in [-0.4, -0.2) is 32.9 Å². The van der Waals surface area contributed by atoms with Gasteiger partial charge in [0, 0.05) is 14.1 Å². The van der Waals surface area contributed by atoms with Crippen molar-refractivity contribution in [3.8, 4) is 0 Å². The molecular weight excluding hydrogens is 246 g/mol. The van der Waals surface area contributed by atoms with Crippen LogP contribution < -0.4 is 10.6 Å². The van der Waals surface area contributed by atoms with Gasteiger partial charge < -0.3 is 15.7 Å². The van der Waals surface area contributed by atoms with E-state index in [0.717, 1.165) is 11.5 Å². The number of aryl methyl sites for hydroxylation is 1. The van der Waals surface area contributed by atoms with Gasteiger partial charge in [0.05, 0.1) is 23.5 Å². The molecular formula is C12H15N5O2. The molecule has 7 nitrogen and oxygen atoms in total. The molecule has 0 atom stereocenters. The van der Waals surface area contributed by atoms with Crippen LogP contribution in [-0.2, 0) is 13.6 Å². The fourth-order valence-electron chi connectivity index (χ4n) is 1.80. The monoisotopic (exact) mass is 261 g/mol. The van der Waals surface area contributed by atoms with E-state index in [-0.39, 0.29) is 5.56 Å². The van der Waals surface area contributed by atoms with Gasteiger partial charge >= 0.3 is 5.97 Å². The second kappa shape index (κ2) is 4.97. The number of hydrogen-bond donors (Lipinski definition) is 2. The van der Waals surface area contributed by atoms with E-state index in [1.807, 2.05) is 19.0 Å². The third-order valence-corrected chi connectivity index (χ3v) is 2.87. The van der Waals surface area contributed by atoms with Crippen molar-refractivity contribution in [3.05, 3.63) is 35.9 Å². The SMILES string of the molecule is CN(Cc1ncnn1C)c1ccc(C(=O)O)cc1N. The molecule has 0 unspecified atom stereocenters. The number of anilines is 2. The number of carbonyl (C=O) groups is 1. The minimum atomic E-state index is -0.991. The predicted molar refractivity (Wildman–Crippen MR) is 70.9 cm³/mol. The Hall–Kier alpha value is -2.57. The summed E-state index contributed by atoms with van der Waals surface area (Å²) in [6, 6.07) is 4.67. The van der Waals surface area contributed by atoms with Gasteiger partial charge in [-0.15, -0.1) is 0 Å². The summed E-state index contributed by atoms with van der Waals surface area (Å²) in [5.74, 6) is -0.196. The van der Waals surface area contributed by atoms with Crippen molar-refractivity contribution in [2.24, 2.45) is 7.05 Å². The summed E-state index contributed by atoms with van der Waals surface area (Å²) in [7, 11) is 3.67. The summed E-state index contributed by atoms with van der Waals surface area (Å²) >= 11 is 0. The lowest BCUT2D eigenvalue weighted by molar-refractivity contribution is 0.0697. The first kappa shape index (κ1) is 12.9. The van der Waals surface area contributed by atoms with Crippen molar-refractivity contribution in [2.75, 3.05) is 17.7 Å². The molecule has 19 heavy (non-hydrogen) atoms. The Balaban J connectivity index is 2.22. The van der Waals surface area contributed by atoms with Crippen molar-refractivity contribution in [1.29, 1.82) is 0 Å². The number of hydrogen-bond acceptors (Lipinski definition) is 5. The van der Waals surface area contributed by atoms with Crippen LogP contribution in [0.1, 0.15) is 16.2 Å². The highest BCUT2D eigenvalue weighted by Gasteiger charge is 2.11. The first-order valence-corrected chi connectivity index (χ1v) is 5.66. The van der Waals surface area contributed by atoms with E-state index in [0.29, 0.717) is 12.2 Å². The van der Waals surface area contributed by atoms with E-state index in [1.54, 1.807) is 10.7 Å². The molecule has 2 rings (SSSR count). The summed E-state index contributed by atoms with van der Waals surface area (Å²) < 4.78 is 1.68. The number of aromatic nitrogens is 3. The minimum Gasteiger partial charge on any atom is -0.478 e. The summed E-state index contributed by atoms with van der Waals surface area (Å²) in [5, 5.41) is 12.9. The number of nitrogens with zero attached hydrogens (tertiary/aromatic N) is 4. The second-order valence-corrected chi connectivity index (χ2v) is 4.23. The van der Waals surface area contributed by atoms with Crippen LogP contribution in [0.25, 0.3) is 0 Å². The molecule has 0 spiro atoms. The predicted octanol–water partition coefficient (Wildman–Crippen LogP) is 0.732. The van der Waals surface area contributed by atoms with Crippen LogP contribution in [0.15, 0.2) is 24.5 Å². The molecule has 0 radical (unpaired) electrons. The van der Waals surface area contributed by atoms with Crippen molar-refractivity contribution in [3.63, 3.8) is 0 Å². The highest BCUT2D eigenvalue weighted by molar-refractivity contribution is 5.90. The van der Waals surface area contributed by atoms with Crippen LogP contribution in [0, 0.1) is 0 Å². The summed E-state index contributed by atoms with van der Waals surface area (Å²) in [5.41, 5.74) is 7.23. The highest BCUT2D eigenvalue weighted by Crippen LogP contribution is 2.24. The average molecular weight is 261 g/mol. The Morgan fingerprint density at radius 1 is 1.53 bits per heavy atom. The number of nitrogen functional groups attached to an aromatic ring is 1. The van der Waals surface area contributed by atoms with Crippen molar-refractivity contribution < 1.29 is 9.90 Å². The van der Waals surface area contributed by atoms with Gasteiger partial charge in [-0.05, 0) is 18.2 Å². The van der Waals surface area contributed by atoms with Gasteiger partial charge in [-0.3, -0.25) is 4.68 Å². The zero-order chi connectivity index (χ0) is 14.0. The molecule has 1 aromatic heterocycles. The van der Waals surface area contributed by atoms with Crippen LogP contribution in [0.5, 0.6) is 0 Å². The molecule has 0 saturated carbocycles. The lowest BCUT2D eigenvalue weighted by Crippen LogP contribution is -2.20. The molecule has 7 heteroatoms. The van der Waals surface area contributed by atoms with Crippen LogP contribution in [0.3, 0.4) is 0 Å². The molecule has 100 valence electrons. The Morgan fingerprint density at radius 2 is 2.26 bits per heavy atom. The van der Waals surface area contributed by atoms with E-state index in [2.05, 4.69) is 10.1 Å². The minimum absolute atomic E-state index is 0.174. The first-order chi connectivity index (χ1) is 8.99. The van der Waals surface area contributed by atoms with Crippen molar-refractivity contribution >= 4 is 17.3 Å². The number of aromatic carboxylic acids is 1. The summed E-state index contributed by atoms with van der Waals surface area (Å²) in [4.78, 5) is 16.9. The highest BCUT2D eigenvalue weighted by atomic mass is 16.4. The summed E-state index contributed by atoms with van der Waals surface area (Å²) in [6.07, 6.45) is 1.49. The number of carboxylic acid groups (broad SMARTS) is 1. The molecule has 0 aliphatic carbocycles. The van der Waals surface area contributed by atoms with Gasteiger partial charge in [-0.25, -0.2) is 9.78 Å².